The number of hydrogen-bond donors (Lipinski definition) is 1. The molecule has 3 nitrogen and oxygen atoms in total. The van der Waals surface area contributed by atoms with E-state index in [0.29, 0.717) is 18.5 Å². The van der Waals surface area contributed by atoms with Crippen LogP contribution in [-0.2, 0) is 0 Å². The minimum atomic E-state index is 0.259. The first-order chi connectivity index (χ1) is 9.58. The van der Waals surface area contributed by atoms with Crippen LogP contribution in [0.3, 0.4) is 0 Å². The maximum Gasteiger partial charge on any atom is 0.119 e. The zero-order valence-electron chi connectivity index (χ0n) is 12.6. The van der Waals surface area contributed by atoms with Gasteiger partial charge in [-0.15, -0.1) is 0 Å². The van der Waals surface area contributed by atoms with Gasteiger partial charge in [0, 0.05) is 23.1 Å². The molecule has 0 radical (unpaired) electrons. The molecule has 20 heavy (non-hydrogen) atoms. The molecular formula is C16H25BrN2O. The number of likely N-dealkylation sites (tertiary alicyclic amines) is 1. The summed E-state index contributed by atoms with van der Waals surface area (Å²) in [5.41, 5.74) is 7.34. The summed E-state index contributed by atoms with van der Waals surface area (Å²) in [6.07, 6.45) is 2.54. The molecular weight excluding hydrogens is 316 g/mol. The molecule has 1 heterocycles. The molecule has 0 aromatic heterocycles. The lowest BCUT2D eigenvalue weighted by Gasteiger charge is -2.35. The second kappa shape index (κ2) is 6.92. The number of halogens is 1. The Morgan fingerprint density at radius 2 is 2.20 bits per heavy atom. The summed E-state index contributed by atoms with van der Waals surface area (Å²) >= 11 is 3.67. The molecule has 4 heteroatoms. The third-order valence-electron chi connectivity index (χ3n) is 4.30. The summed E-state index contributed by atoms with van der Waals surface area (Å²) in [7, 11) is 1.71. The fraction of sp³-hybridized carbons (Fsp3) is 0.625. The van der Waals surface area contributed by atoms with Gasteiger partial charge < -0.3 is 10.5 Å². The summed E-state index contributed by atoms with van der Waals surface area (Å²) < 4.78 is 6.48. The van der Waals surface area contributed by atoms with Gasteiger partial charge in [0.15, 0.2) is 0 Å². The van der Waals surface area contributed by atoms with Gasteiger partial charge in [-0.05, 0) is 49.1 Å². The van der Waals surface area contributed by atoms with Crippen molar-refractivity contribution in [3.05, 3.63) is 28.2 Å². The molecule has 1 aliphatic rings. The Balaban J connectivity index is 2.32. The smallest absolute Gasteiger partial charge is 0.119 e. The van der Waals surface area contributed by atoms with E-state index in [2.05, 4.69) is 46.8 Å². The van der Waals surface area contributed by atoms with Gasteiger partial charge in [-0.2, -0.15) is 0 Å². The molecule has 0 aliphatic carbocycles. The summed E-state index contributed by atoms with van der Waals surface area (Å²) in [6.45, 7) is 6.37. The lowest BCUT2D eigenvalue weighted by atomic mass is 9.98. The molecule has 1 aromatic rings. The van der Waals surface area contributed by atoms with Crippen molar-refractivity contribution in [3.8, 4) is 5.75 Å². The highest BCUT2D eigenvalue weighted by molar-refractivity contribution is 9.10. The predicted molar refractivity (Wildman–Crippen MR) is 87.1 cm³/mol. The Morgan fingerprint density at radius 1 is 1.45 bits per heavy atom. The zero-order chi connectivity index (χ0) is 14.7. The standard InChI is InChI=1S/C16H25BrN2O/c1-11(2)15-5-4-8-19(15)16(10-18)13-9-12(20-3)6-7-14(13)17/h6-7,9,11,15-16H,4-5,8,10,18H2,1-3H3. The van der Waals surface area contributed by atoms with Crippen LogP contribution in [0.1, 0.15) is 38.3 Å². The van der Waals surface area contributed by atoms with Crippen LogP contribution in [0.4, 0.5) is 0 Å². The Kier molecular flexibility index (Phi) is 5.47. The molecule has 1 aliphatic heterocycles. The molecule has 2 atom stereocenters. The van der Waals surface area contributed by atoms with Gasteiger partial charge in [-0.25, -0.2) is 0 Å². The fourth-order valence-corrected chi connectivity index (χ4v) is 3.77. The summed E-state index contributed by atoms with van der Waals surface area (Å²) in [5.74, 6) is 1.55. The van der Waals surface area contributed by atoms with E-state index in [0.717, 1.165) is 16.8 Å². The van der Waals surface area contributed by atoms with E-state index in [1.54, 1.807) is 7.11 Å². The lowest BCUT2D eigenvalue weighted by Crippen LogP contribution is -2.40. The van der Waals surface area contributed by atoms with Crippen LogP contribution in [-0.4, -0.2) is 31.1 Å². The molecule has 1 fully saturated rings. The number of ether oxygens (including phenoxy) is 1. The highest BCUT2D eigenvalue weighted by Gasteiger charge is 2.33. The predicted octanol–water partition coefficient (Wildman–Crippen LogP) is 3.58. The Morgan fingerprint density at radius 3 is 2.80 bits per heavy atom. The molecule has 0 spiro atoms. The highest BCUT2D eigenvalue weighted by atomic mass is 79.9. The van der Waals surface area contributed by atoms with Crippen LogP contribution in [0.15, 0.2) is 22.7 Å². The summed E-state index contributed by atoms with van der Waals surface area (Å²) in [4.78, 5) is 2.57. The summed E-state index contributed by atoms with van der Waals surface area (Å²) in [5, 5.41) is 0. The first kappa shape index (κ1) is 15.8. The number of methoxy groups -OCH3 is 1. The van der Waals surface area contributed by atoms with Gasteiger partial charge >= 0.3 is 0 Å². The van der Waals surface area contributed by atoms with E-state index in [9.17, 15) is 0 Å². The average molecular weight is 341 g/mol. The topological polar surface area (TPSA) is 38.5 Å². The molecule has 2 N–H and O–H groups in total. The molecule has 112 valence electrons. The van der Waals surface area contributed by atoms with Gasteiger partial charge in [0.2, 0.25) is 0 Å². The average Bonchev–Trinajstić information content (AvgIpc) is 2.91. The van der Waals surface area contributed by atoms with Crippen molar-refractivity contribution < 1.29 is 4.74 Å². The van der Waals surface area contributed by atoms with Crippen molar-refractivity contribution in [2.24, 2.45) is 11.7 Å². The van der Waals surface area contributed by atoms with Crippen molar-refractivity contribution in [3.63, 3.8) is 0 Å². The van der Waals surface area contributed by atoms with Crippen molar-refractivity contribution in [1.29, 1.82) is 0 Å². The molecule has 0 bridgehead atoms. The fourth-order valence-electron chi connectivity index (χ4n) is 3.26. The number of hydrogen-bond acceptors (Lipinski definition) is 3. The number of nitrogens with two attached hydrogens (primary N) is 1. The van der Waals surface area contributed by atoms with E-state index in [1.807, 2.05) is 6.07 Å². The second-order valence-corrected chi connectivity index (χ2v) is 6.68. The lowest BCUT2D eigenvalue weighted by molar-refractivity contribution is 0.149. The van der Waals surface area contributed by atoms with Gasteiger partial charge in [-0.3, -0.25) is 4.90 Å². The van der Waals surface area contributed by atoms with Crippen LogP contribution < -0.4 is 10.5 Å². The minimum absolute atomic E-state index is 0.259. The maximum absolute atomic E-state index is 6.10. The molecule has 1 aromatic carbocycles. The molecule has 0 amide bonds. The number of nitrogens with zero attached hydrogens (tertiary/aromatic N) is 1. The zero-order valence-corrected chi connectivity index (χ0v) is 14.2. The Bertz CT molecular complexity index is 450. The molecule has 0 saturated carbocycles. The van der Waals surface area contributed by atoms with Gasteiger partial charge in [0.05, 0.1) is 7.11 Å². The SMILES string of the molecule is COc1ccc(Br)c(C(CN)N2CCCC2C(C)C)c1. The van der Waals surface area contributed by atoms with Crippen LogP contribution in [0.25, 0.3) is 0 Å². The third kappa shape index (κ3) is 3.18. The van der Waals surface area contributed by atoms with Crippen molar-refractivity contribution in [2.45, 2.75) is 38.8 Å². The number of rotatable bonds is 5. The molecule has 2 rings (SSSR count). The summed E-state index contributed by atoms with van der Waals surface area (Å²) in [6, 6.07) is 7.02. The van der Waals surface area contributed by atoms with Gasteiger partial charge in [0.25, 0.3) is 0 Å². The van der Waals surface area contributed by atoms with Crippen LogP contribution in [0.5, 0.6) is 5.75 Å². The quantitative estimate of drug-likeness (QED) is 0.890. The van der Waals surface area contributed by atoms with E-state index in [4.69, 9.17) is 10.5 Å². The van der Waals surface area contributed by atoms with Gasteiger partial charge in [-0.1, -0.05) is 29.8 Å². The van der Waals surface area contributed by atoms with E-state index >= 15 is 0 Å². The number of benzene rings is 1. The van der Waals surface area contributed by atoms with Crippen molar-refractivity contribution >= 4 is 15.9 Å². The Hall–Kier alpha value is -0.580. The van der Waals surface area contributed by atoms with Crippen LogP contribution in [0.2, 0.25) is 0 Å². The van der Waals surface area contributed by atoms with E-state index in [-0.39, 0.29) is 6.04 Å². The highest BCUT2D eigenvalue weighted by Crippen LogP contribution is 2.36. The second-order valence-electron chi connectivity index (χ2n) is 5.83. The minimum Gasteiger partial charge on any atom is -0.497 e. The first-order valence-electron chi connectivity index (χ1n) is 7.37. The maximum atomic E-state index is 6.10. The van der Waals surface area contributed by atoms with Gasteiger partial charge in [0.1, 0.15) is 5.75 Å². The third-order valence-corrected chi connectivity index (χ3v) is 5.02. The van der Waals surface area contributed by atoms with E-state index in [1.165, 1.54) is 18.4 Å². The normalized spacial score (nSPS) is 21.4. The first-order valence-corrected chi connectivity index (χ1v) is 8.17. The van der Waals surface area contributed by atoms with Crippen LogP contribution >= 0.6 is 15.9 Å². The molecule has 1 saturated heterocycles. The van der Waals surface area contributed by atoms with Crippen LogP contribution in [0, 0.1) is 5.92 Å². The van der Waals surface area contributed by atoms with E-state index < -0.39 is 0 Å². The van der Waals surface area contributed by atoms with Crippen molar-refractivity contribution in [1.82, 2.24) is 4.90 Å². The Labute approximate surface area is 130 Å². The van der Waals surface area contributed by atoms with Crippen molar-refractivity contribution in [2.75, 3.05) is 20.2 Å². The largest absolute Gasteiger partial charge is 0.497 e. The monoisotopic (exact) mass is 340 g/mol. The molecule has 2 unspecified atom stereocenters.